The number of nitrogens with zero attached hydrogens (tertiary/aromatic N) is 4. The minimum Gasteiger partial charge on any atom is -0.355 e. The van der Waals surface area contributed by atoms with Crippen molar-refractivity contribution in [2.24, 2.45) is 0 Å². The number of aromatic nitrogens is 3. The minimum atomic E-state index is -0.0121. The molecule has 0 saturated carbocycles. The molecule has 1 N–H and O–H groups in total. The zero-order valence-corrected chi connectivity index (χ0v) is 19.1. The highest BCUT2D eigenvalue weighted by atomic mass is 35.5. The predicted molar refractivity (Wildman–Crippen MR) is 126 cm³/mol. The Morgan fingerprint density at radius 2 is 1.94 bits per heavy atom. The molecule has 0 atom stereocenters. The Labute approximate surface area is 192 Å². The van der Waals surface area contributed by atoms with Crippen LogP contribution >= 0.6 is 23.4 Å². The van der Waals surface area contributed by atoms with E-state index < -0.39 is 0 Å². The van der Waals surface area contributed by atoms with E-state index >= 15 is 0 Å². The van der Waals surface area contributed by atoms with E-state index in [1.54, 1.807) is 0 Å². The number of carbonyl (C=O) groups is 1. The molecule has 1 amide bonds. The summed E-state index contributed by atoms with van der Waals surface area (Å²) in [6.07, 6.45) is 3.11. The van der Waals surface area contributed by atoms with Crippen LogP contribution in [0, 0.1) is 6.92 Å². The van der Waals surface area contributed by atoms with Crippen molar-refractivity contribution in [1.29, 1.82) is 0 Å². The summed E-state index contributed by atoms with van der Waals surface area (Å²) < 4.78 is 2.00. The zero-order chi connectivity index (χ0) is 21.6. The zero-order valence-electron chi connectivity index (χ0n) is 17.6. The highest BCUT2D eigenvalue weighted by molar-refractivity contribution is 7.99. The lowest BCUT2D eigenvalue weighted by atomic mass is 10.1. The van der Waals surface area contributed by atoms with Gasteiger partial charge in [-0.1, -0.05) is 53.7 Å². The molecule has 1 fully saturated rings. The molecular formula is C23H26ClN5OS. The quantitative estimate of drug-likeness (QED) is 0.513. The maximum Gasteiger partial charge on any atom is 0.232 e. The molecule has 3 aromatic rings. The van der Waals surface area contributed by atoms with Gasteiger partial charge in [0.1, 0.15) is 0 Å². The van der Waals surface area contributed by atoms with Crippen LogP contribution in [0.4, 0.5) is 5.95 Å². The molecule has 0 spiro atoms. The van der Waals surface area contributed by atoms with Crippen LogP contribution < -0.4 is 10.2 Å². The molecule has 4 rings (SSSR count). The van der Waals surface area contributed by atoms with Gasteiger partial charge in [0.05, 0.1) is 11.4 Å². The van der Waals surface area contributed by atoms with E-state index in [-0.39, 0.29) is 11.7 Å². The Bertz CT molecular complexity index is 1050. The normalized spacial score (nSPS) is 13.5. The summed E-state index contributed by atoms with van der Waals surface area (Å²) in [5.41, 5.74) is 3.41. The average molecular weight is 456 g/mol. The van der Waals surface area contributed by atoms with Gasteiger partial charge in [0.2, 0.25) is 11.9 Å². The first kappa shape index (κ1) is 21.7. The average Bonchev–Trinajstić information content (AvgIpc) is 3.43. The smallest absolute Gasteiger partial charge is 0.232 e. The van der Waals surface area contributed by atoms with Crippen molar-refractivity contribution in [2.75, 3.05) is 30.3 Å². The summed E-state index contributed by atoms with van der Waals surface area (Å²) in [6, 6.07) is 15.9. The number of hydrogen-bond donors (Lipinski definition) is 1. The lowest BCUT2D eigenvalue weighted by molar-refractivity contribution is -0.118. The molecule has 6 nitrogen and oxygen atoms in total. The van der Waals surface area contributed by atoms with Crippen LogP contribution in [0.15, 0.2) is 53.7 Å². The maximum absolute atomic E-state index is 12.4. The van der Waals surface area contributed by atoms with Gasteiger partial charge in [-0.05, 0) is 55.5 Å². The van der Waals surface area contributed by atoms with Gasteiger partial charge in [0.25, 0.3) is 0 Å². The van der Waals surface area contributed by atoms with Gasteiger partial charge in [-0.25, -0.2) is 0 Å². The molecule has 162 valence electrons. The molecule has 1 aliphatic heterocycles. The monoisotopic (exact) mass is 455 g/mol. The number of hydrogen-bond acceptors (Lipinski definition) is 5. The lowest BCUT2D eigenvalue weighted by Gasteiger charge is -2.18. The molecular weight excluding hydrogens is 430 g/mol. The first-order chi connectivity index (χ1) is 15.1. The van der Waals surface area contributed by atoms with Crippen LogP contribution in [0.3, 0.4) is 0 Å². The minimum absolute atomic E-state index is 0.0121. The molecule has 0 bridgehead atoms. The second-order valence-corrected chi connectivity index (χ2v) is 8.99. The van der Waals surface area contributed by atoms with Crippen molar-refractivity contribution >= 4 is 35.2 Å². The van der Waals surface area contributed by atoms with Gasteiger partial charge in [-0.2, -0.15) is 0 Å². The summed E-state index contributed by atoms with van der Waals surface area (Å²) in [5, 5.41) is 13.2. The van der Waals surface area contributed by atoms with E-state index in [2.05, 4.69) is 39.5 Å². The predicted octanol–water partition coefficient (Wildman–Crippen LogP) is 4.28. The van der Waals surface area contributed by atoms with E-state index in [1.165, 1.54) is 22.9 Å². The molecule has 1 aliphatic rings. The molecule has 1 saturated heterocycles. The summed E-state index contributed by atoms with van der Waals surface area (Å²) in [5.74, 6) is 1.08. The summed E-state index contributed by atoms with van der Waals surface area (Å²) in [4.78, 5) is 14.7. The van der Waals surface area contributed by atoms with E-state index in [1.807, 2.05) is 41.0 Å². The maximum atomic E-state index is 12.4. The fourth-order valence-electron chi connectivity index (χ4n) is 3.73. The summed E-state index contributed by atoms with van der Waals surface area (Å²) >= 11 is 7.63. The van der Waals surface area contributed by atoms with Crippen LogP contribution in [0.5, 0.6) is 0 Å². The molecule has 0 aliphatic carbocycles. The molecule has 0 radical (unpaired) electrons. The molecule has 2 heterocycles. The Morgan fingerprint density at radius 3 is 2.71 bits per heavy atom. The van der Waals surface area contributed by atoms with Gasteiger partial charge < -0.3 is 10.2 Å². The molecule has 1 aromatic heterocycles. The highest BCUT2D eigenvalue weighted by Crippen LogP contribution is 2.29. The summed E-state index contributed by atoms with van der Waals surface area (Å²) in [7, 11) is 0. The van der Waals surface area contributed by atoms with Crippen LogP contribution in [-0.4, -0.2) is 46.1 Å². The van der Waals surface area contributed by atoms with Crippen LogP contribution in [0.2, 0.25) is 5.02 Å². The largest absolute Gasteiger partial charge is 0.355 e. The van der Waals surface area contributed by atoms with E-state index in [4.69, 9.17) is 11.6 Å². The van der Waals surface area contributed by atoms with Gasteiger partial charge >= 0.3 is 0 Å². The van der Waals surface area contributed by atoms with Crippen molar-refractivity contribution in [2.45, 2.75) is 31.3 Å². The second-order valence-electron chi connectivity index (χ2n) is 7.61. The number of halogens is 1. The number of amides is 1. The van der Waals surface area contributed by atoms with Crippen molar-refractivity contribution in [3.8, 4) is 5.69 Å². The third-order valence-corrected chi connectivity index (χ3v) is 6.55. The SMILES string of the molecule is Cc1ccccc1CCNC(=O)CSc1nnc(N2CCCC2)n1-c1cccc(Cl)c1. The Balaban J connectivity index is 1.42. The van der Waals surface area contributed by atoms with Gasteiger partial charge in [0, 0.05) is 24.7 Å². The van der Waals surface area contributed by atoms with Gasteiger partial charge in [0.15, 0.2) is 5.16 Å². The number of rotatable bonds is 8. The third kappa shape index (κ3) is 5.40. The third-order valence-electron chi connectivity index (χ3n) is 5.38. The van der Waals surface area contributed by atoms with Crippen LogP contribution in [0.1, 0.15) is 24.0 Å². The molecule has 0 unspecified atom stereocenters. The number of thioether (sulfide) groups is 1. The fraction of sp³-hybridized carbons (Fsp3) is 0.348. The Morgan fingerprint density at radius 1 is 1.13 bits per heavy atom. The van der Waals surface area contributed by atoms with Crippen LogP contribution in [-0.2, 0) is 11.2 Å². The molecule has 8 heteroatoms. The lowest BCUT2D eigenvalue weighted by Crippen LogP contribution is -2.27. The first-order valence-corrected chi connectivity index (χ1v) is 11.9. The number of benzene rings is 2. The first-order valence-electron chi connectivity index (χ1n) is 10.5. The number of aryl methyl sites for hydroxylation is 1. The Kier molecular flexibility index (Phi) is 7.14. The molecule has 2 aromatic carbocycles. The molecule has 31 heavy (non-hydrogen) atoms. The number of carbonyl (C=O) groups excluding carboxylic acids is 1. The van der Waals surface area contributed by atoms with Crippen LogP contribution in [0.25, 0.3) is 5.69 Å². The van der Waals surface area contributed by atoms with Crippen molar-refractivity contribution in [3.05, 3.63) is 64.7 Å². The topological polar surface area (TPSA) is 63.1 Å². The van der Waals surface area contributed by atoms with Gasteiger partial charge in [-0.3, -0.25) is 9.36 Å². The highest BCUT2D eigenvalue weighted by Gasteiger charge is 2.23. The Hall–Kier alpha value is -2.51. The van der Waals surface area contributed by atoms with E-state index in [9.17, 15) is 4.79 Å². The fourth-order valence-corrected chi connectivity index (χ4v) is 4.69. The van der Waals surface area contributed by atoms with Gasteiger partial charge in [-0.15, -0.1) is 10.2 Å². The number of anilines is 1. The van der Waals surface area contributed by atoms with Crippen molar-refractivity contribution in [3.63, 3.8) is 0 Å². The second kappa shape index (κ2) is 10.2. The standard InChI is InChI=1S/C23H26ClN5OS/c1-17-7-2-3-8-18(17)11-12-25-21(30)16-31-23-27-26-22(28-13-4-5-14-28)29(23)20-10-6-9-19(24)15-20/h2-3,6-10,15H,4-5,11-14,16H2,1H3,(H,25,30). The van der Waals surface area contributed by atoms with E-state index in [0.717, 1.165) is 44.0 Å². The van der Waals surface area contributed by atoms with E-state index in [0.29, 0.717) is 16.7 Å². The van der Waals surface area contributed by atoms with Crippen molar-refractivity contribution in [1.82, 2.24) is 20.1 Å². The summed E-state index contributed by atoms with van der Waals surface area (Å²) in [6.45, 7) is 4.63. The van der Waals surface area contributed by atoms with Crippen molar-refractivity contribution < 1.29 is 4.79 Å². The number of nitrogens with one attached hydrogen (secondary N) is 1.